The van der Waals surface area contributed by atoms with Crippen LogP contribution in [0.2, 0.25) is 0 Å². The second-order valence-corrected chi connectivity index (χ2v) is 20.9. The Bertz CT molecular complexity index is 3230. The van der Waals surface area contributed by atoms with E-state index in [-0.39, 0.29) is 76.6 Å². The van der Waals surface area contributed by atoms with Crippen molar-refractivity contribution < 1.29 is 42.1 Å². The number of aromatic nitrogens is 2. The number of nitriles is 1. The molecule has 4 aliphatic rings. The second kappa shape index (κ2) is 22.7. The summed E-state index contributed by atoms with van der Waals surface area (Å²) in [6, 6.07) is 27.2. The van der Waals surface area contributed by atoms with E-state index in [2.05, 4.69) is 21.9 Å². The molecule has 6 heterocycles. The van der Waals surface area contributed by atoms with E-state index in [1.165, 1.54) is 60.2 Å². The van der Waals surface area contributed by atoms with E-state index in [0.29, 0.717) is 85.1 Å². The van der Waals surface area contributed by atoms with Gasteiger partial charge in [0.1, 0.15) is 35.7 Å². The van der Waals surface area contributed by atoms with Gasteiger partial charge in [-0.2, -0.15) is 14.0 Å². The van der Waals surface area contributed by atoms with Crippen molar-refractivity contribution in [2.75, 3.05) is 63.9 Å². The Morgan fingerprint density at radius 3 is 2.34 bits per heavy atom. The number of nitrogens with zero attached hydrogens (tertiary/aromatic N) is 8. The van der Waals surface area contributed by atoms with Gasteiger partial charge >= 0.3 is 6.55 Å². The summed E-state index contributed by atoms with van der Waals surface area (Å²) in [6.07, 6.45) is 4.47. The van der Waals surface area contributed by atoms with Gasteiger partial charge in [-0.15, -0.1) is 0 Å². The van der Waals surface area contributed by atoms with Gasteiger partial charge in [0.05, 0.1) is 30.4 Å². The molecule has 0 bridgehead atoms. The maximum Gasteiger partial charge on any atom is 0.319 e. The predicted molar refractivity (Wildman–Crippen MR) is 286 cm³/mol. The molecule has 1 N–H and O–H groups in total. The molecule has 4 aliphatic heterocycles. The number of amides is 3. The molecule has 2 atom stereocenters. The first-order valence-corrected chi connectivity index (χ1v) is 26.6. The van der Waals surface area contributed by atoms with Gasteiger partial charge in [-0.1, -0.05) is 36.8 Å². The van der Waals surface area contributed by atoms with Crippen molar-refractivity contribution >= 4 is 29.1 Å². The third-order valence-electron chi connectivity index (χ3n) is 16.0. The van der Waals surface area contributed by atoms with Crippen LogP contribution >= 0.6 is 0 Å². The molecule has 10 rings (SSSR count). The predicted octanol–water partition coefficient (Wildman–Crippen LogP) is 9.48. The van der Waals surface area contributed by atoms with Crippen LogP contribution in [0.5, 0.6) is 11.5 Å². The molecular weight excluding hydrogens is 986 g/mol. The highest BCUT2D eigenvalue weighted by atomic mass is 19.3. The monoisotopic (exact) mass is 1050 g/mol. The van der Waals surface area contributed by atoms with Gasteiger partial charge in [0.25, 0.3) is 11.8 Å². The molecule has 4 aromatic carbocycles. The number of ether oxygens (including phenoxy) is 2. The number of hydrogen-bond acceptors (Lipinski definition) is 9. The molecular formula is C60H65F3N8O6. The summed E-state index contributed by atoms with van der Waals surface area (Å²) >= 11 is 0. The molecule has 17 heteroatoms. The fourth-order valence-electron chi connectivity index (χ4n) is 11.7. The Morgan fingerprint density at radius 2 is 1.62 bits per heavy atom. The van der Waals surface area contributed by atoms with Crippen molar-refractivity contribution in [3.8, 4) is 28.8 Å². The highest BCUT2D eigenvalue weighted by Crippen LogP contribution is 2.40. The van der Waals surface area contributed by atoms with Gasteiger partial charge in [-0.25, -0.2) is 4.39 Å². The molecule has 6 aromatic rings. The molecule has 2 fully saturated rings. The number of phenols is 1. The maximum absolute atomic E-state index is 15.8. The molecule has 2 aromatic heterocycles. The zero-order valence-electron chi connectivity index (χ0n) is 44.1. The molecule has 0 aliphatic carbocycles. The van der Waals surface area contributed by atoms with Crippen molar-refractivity contribution in [1.82, 2.24) is 28.7 Å². The average Bonchev–Trinajstić information content (AvgIpc) is 4.05. The van der Waals surface area contributed by atoms with Crippen molar-refractivity contribution in [1.29, 1.82) is 5.26 Å². The fraction of sp³-hybridized carbons (Fsp3) is 0.400. The molecule has 402 valence electrons. The zero-order chi connectivity index (χ0) is 54.1. The Morgan fingerprint density at radius 1 is 0.857 bits per heavy atom. The average molecular weight is 1050 g/mol. The first kappa shape index (κ1) is 53.0. The summed E-state index contributed by atoms with van der Waals surface area (Å²) in [5, 5.41) is 20.1. The van der Waals surface area contributed by atoms with E-state index in [0.717, 1.165) is 55.7 Å². The number of piperidine rings is 1. The number of aromatic hydroxyl groups is 1. The Kier molecular flexibility index (Phi) is 15.6. The molecule has 0 spiro atoms. The zero-order valence-corrected chi connectivity index (χ0v) is 44.1. The molecule has 3 amide bonds. The highest BCUT2D eigenvalue weighted by molar-refractivity contribution is 6.13. The third-order valence-corrected chi connectivity index (χ3v) is 16.0. The minimum absolute atomic E-state index is 0.0119. The quantitative estimate of drug-likeness (QED) is 0.113. The van der Waals surface area contributed by atoms with Crippen molar-refractivity contribution in [2.45, 2.75) is 91.1 Å². The number of benzene rings is 4. The second-order valence-electron chi connectivity index (χ2n) is 20.9. The molecule has 14 nitrogen and oxygen atoms in total. The number of anilines is 2. The van der Waals surface area contributed by atoms with Crippen molar-refractivity contribution in [2.24, 2.45) is 7.05 Å². The van der Waals surface area contributed by atoms with Gasteiger partial charge in [0.15, 0.2) is 0 Å². The molecule has 2 saturated heterocycles. The smallest absolute Gasteiger partial charge is 0.319 e. The lowest BCUT2D eigenvalue weighted by atomic mass is 9.89. The van der Waals surface area contributed by atoms with E-state index in [9.17, 15) is 23.9 Å². The molecule has 0 saturated carbocycles. The van der Waals surface area contributed by atoms with Crippen LogP contribution in [0.25, 0.3) is 11.3 Å². The number of alkyl halides is 2. The Labute approximate surface area is 447 Å². The lowest BCUT2D eigenvalue weighted by Gasteiger charge is -2.41. The first-order valence-electron chi connectivity index (χ1n) is 26.6. The summed E-state index contributed by atoms with van der Waals surface area (Å²) < 4.78 is 58.6. The minimum atomic E-state index is -3.06. The van der Waals surface area contributed by atoms with Crippen LogP contribution in [0.15, 0.2) is 91.0 Å². The summed E-state index contributed by atoms with van der Waals surface area (Å²) in [5.41, 5.74) is 6.50. The number of halogens is 3. The lowest BCUT2D eigenvalue weighted by Crippen LogP contribution is -2.51. The molecule has 77 heavy (non-hydrogen) atoms. The van der Waals surface area contributed by atoms with Crippen molar-refractivity contribution in [3.63, 3.8) is 0 Å². The summed E-state index contributed by atoms with van der Waals surface area (Å²) in [6.45, 7) is 9.08. The van der Waals surface area contributed by atoms with Gasteiger partial charge in [-0.3, -0.25) is 28.8 Å². The molecule has 0 radical (unpaired) electrons. The van der Waals surface area contributed by atoms with E-state index in [1.807, 2.05) is 53.8 Å². The summed E-state index contributed by atoms with van der Waals surface area (Å²) in [5.74, 6) is -1.23. The van der Waals surface area contributed by atoms with Crippen molar-refractivity contribution in [3.05, 3.63) is 153 Å². The van der Waals surface area contributed by atoms with Crippen LogP contribution in [0.3, 0.4) is 0 Å². The van der Waals surface area contributed by atoms with E-state index >= 15 is 14.0 Å². The largest absolute Gasteiger partial charge is 0.508 e. The number of phenolic OH excluding ortho intramolecular Hbond substituents is 1. The minimum Gasteiger partial charge on any atom is -0.508 e. The lowest BCUT2D eigenvalue weighted by molar-refractivity contribution is -0.131. The topological polar surface area (TPSA) is 140 Å². The van der Waals surface area contributed by atoms with E-state index in [1.54, 1.807) is 30.0 Å². The van der Waals surface area contributed by atoms with E-state index in [4.69, 9.17) is 9.47 Å². The van der Waals surface area contributed by atoms with Gasteiger partial charge in [-0.05, 0) is 142 Å². The van der Waals surface area contributed by atoms with Crippen LogP contribution in [-0.2, 0) is 48.9 Å². The summed E-state index contributed by atoms with van der Waals surface area (Å²) in [7, 11) is 1.81. The van der Waals surface area contributed by atoms with Gasteiger partial charge in [0, 0.05) is 98.9 Å². The fourth-order valence-corrected chi connectivity index (χ4v) is 11.7. The Balaban J connectivity index is 0.993. The number of carbonyl (C=O) groups is 3. The van der Waals surface area contributed by atoms with Crippen LogP contribution in [0, 0.1) is 31.0 Å². The first-order chi connectivity index (χ1) is 37.1. The number of rotatable bonds is 14. The third kappa shape index (κ3) is 11.1. The van der Waals surface area contributed by atoms with E-state index < -0.39 is 18.3 Å². The Hall–Kier alpha value is -7.39. The normalized spacial score (nSPS) is 18.0. The number of likely N-dealkylation sites (tertiary alicyclic amines) is 1. The number of carbonyl (C=O) groups excluding carboxylic acids is 3. The standard InChI is InChI=1S/C60H65F3N8O6/c1-38-34-67(22-24-76-38)23-25-77-50-17-12-43(54(61)31-50)29-57(73)68-21-18-42-27-52(53(28-45(42)35-68)58(74)69-36-44-11-7-6-10-41(44)26-48(69)37-66-19-8-5-9-20-66)56-32-51(39(2)65(56)4)59(75)71(46-13-15-49(72)16-14-46)55-30-47(33-64)70(40(55)3)60(62)63/h6-7,10-17,27-28,30-32,38,48,60,72H,5,8-9,18-26,29,34-37H2,1-4H3/t38-,48+/m1/s1. The van der Waals surface area contributed by atoms with Crippen LogP contribution in [0.1, 0.15) is 98.4 Å². The maximum atomic E-state index is 15.8. The van der Waals surface area contributed by atoms with Gasteiger partial charge < -0.3 is 33.8 Å². The van der Waals surface area contributed by atoms with Crippen LogP contribution in [0.4, 0.5) is 24.5 Å². The van der Waals surface area contributed by atoms with Gasteiger partial charge in [0.2, 0.25) is 5.91 Å². The number of hydrogen-bond donors (Lipinski definition) is 1. The number of morpholine rings is 1. The number of fused-ring (bicyclic) bond motifs is 2. The van der Waals surface area contributed by atoms with Crippen LogP contribution < -0.4 is 9.64 Å². The van der Waals surface area contributed by atoms with Crippen LogP contribution in [-0.4, -0.2) is 123 Å². The SMILES string of the molecule is Cc1c(C(=O)N(c2ccc(O)cc2)c2cc(C#N)n(C(F)F)c2C)cc(-c2cc3c(cc2C(=O)N2Cc4ccccc4C[C@H]2CN2CCCCC2)CN(C(=O)Cc2ccc(OCCN4CCO[C@H](C)C4)cc2F)CC3)n1C. The summed E-state index contributed by atoms with van der Waals surface area (Å²) in [4.78, 5) is 54.8. The highest BCUT2D eigenvalue weighted by Gasteiger charge is 2.36. The molecule has 0 unspecified atom stereocenters.